The quantitative estimate of drug-likeness (QED) is 0.560. The van der Waals surface area contributed by atoms with E-state index in [1.165, 1.54) is 12.1 Å². The Morgan fingerprint density at radius 3 is 2.79 bits per heavy atom. The van der Waals surface area contributed by atoms with E-state index in [2.05, 4.69) is 13.0 Å². The molecule has 0 aliphatic rings. The van der Waals surface area contributed by atoms with Crippen molar-refractivity contribution in [2.45, 2.75) is 26.2 Å². The van der Waals surface area contributed by atoms with Crippen LogP contribution < -0.4 is 4.74 Å². The second-order valence-electron chi connectivity index (χ2n) is 3.11. The Morgan fingerprint density at radius 2 is 2.07 bits per heavy atom. The van der Waals surface area contributed by atoms with E-state index in [1.54, 1.807) is 0 Å². The molecule has 0 aromatic heterocycles. The van der Waals surface area contributed by atoms with Gasteiger partial charge in [0.25, 0.3) is 0 Å². The minimum Gasteiger partial charge on any atom is -0.504 e. The molecular formula is C11H15O3. The second-order valence-corrected chi connectivity index (χ2v) is 3.11. The molecule has 0 aliphatic heterocycles. The minimum absolute atomic E-state index is 0.196. The van der Waals surface area contributed by atoms with E-state index in [1.807, 2.05) is 0 Å². The molecule has 0 aliphatic carbocycles. The van der Waals surface area contributed by atoms with E-state index < -0.39 is 0 Å². The molecule has 0 saturated heterocycles. The van der Waals surface area contributed by atoms with E-state index in [4.69, 9.17) is 9.84 Å². The SMILES string of the molecule is CCCCCOc1c[c]cc(O)c1O. The fraction of sp³-hybridized carbons (Fsp3) is 0.455. The standard InChI is InChI=1S/C11H15O3/c1-2-3-4-8-14-10-7-5-6-9(12)11(10)13/h6-7,12-13H,2-4,8H2,1H3. The van der Waals surface area contributed by atoms with Crippen molar-refractivity contribution >= 4 is 0 Å². The first-order valence-corrected chi connectivity index (χ1v) is 4.80. The monoisotopic (exact) mass is 195 g/mol. The van der Waals surface area contributed by atoms with Gasteiger partial charge in [-0.05, 0) is 24.6 Å². The summed E-state index contributed by atoms with van der Waals surface area (Å²) in [5, 5.41) is 18.5. The molecule has 1 radical (unpaired) electrons. The highest BCUT2D eigenvalue weighted by molar-refractivity contribution is 5.48. The molecule has 77 valence electrons. The van der Waals surface area contributed by atoms with Gasteiger partial charge in [-0.25, -0.2) is 0 Å². The van der Waals surface area contributed by atoms with Gasteiger partial charge in [-0.15, -0.1) is 0 Å². The smallest absolute Gasteiger partial charge is 0.200 e. The molecule has 14 heavy (non-hydrogen) atoms. The second kappa shape index (κ2) is 5.37. The lowest BCUT2D eigenvalue weighted by Crippen LogP contribution is -1.97. The normalized spacial score (nSPS) is 10.1. The molecule has 0 unspecified atom stereocenters. The predicted molar refractivity (Wildman–Crippen MR) is 53.6 cm³/mol. The van der Waals surface area contributed by atoms with Gasteiger partial charge in [0.2, 0.25) is 5.75 Å². The fourth-order valence-electron chi connectivity index (χ4n) is 1.10. The number of rotatable bonds is 5. The Balaban J connectivity index is 2.46. The Bertz CT molecular complexity index is 284. The Hall–Kier alpha value is -1.38. The van der Waals surface area contributed by atoms with Crippen LogP contribution in [0.4, 0.5) is 0 Å². The van der Waals surface area contributed by atoms with Gasteiger partial charge in [0.05, 0.1) is 6.61 Å². The summed E-state index contributed by atoms with van der Waals surface area (Å²) in [4.78, 5) is 0. The van der Waals surface area contributed by atoms with Crippen LogP contribution in [0.1, 0.15) is 26.2 Å². The van der Waals surface area contributed by atoms with E-state index >= 15 is 0 Å². The first kappa shape index (κ1) is 10.7. The van der Waals surface area contributed by atoms with Crippen LogP contribution in [0.15, 0.2) is 12.1 Å². The Morgan fingerprint density at radius 1 is 1.29 bits per heavy atom. The van der Waals surface area contributed by atoms with Crippen LogP contribution in [0.2, 0.25) is 0 Å². The van der Waals surface area contributed by atoms with Crippen molar-refractivity contribution in [3.63, 3.8) is 0 Å². The molecular weight excluding hydrogens is 180 g/mol. The van der Waals surface area contributed by atoms with E-state index in [0.29, 0.717) is 12.4 Å². The molecule has 1 rings (SSSR count). The summed E-state index contributed by atoms with van der Waals surface area (Å²) in [6.45, 7) is 2.66. The number of unbranched alkanes of at least 4 members (excludes halogenated alkanes) is 2. The molecule has 0 atom stereocenters. The van der Waals surface area contributed by atoms with Crippen LogP contribution in [0.25, 0.3) is 0 Å². The maximum absolute atomic E-state index is 9.36. The topological polar surface area (TPSA) is 49.7 Å². The molecule has 0 fully saturated rings. The van der Waals surface area contributed by atoms with Gasteiger partial charge in [-0.3, -0.25) is 0 Å². The van der Waals surface area contributed by atoms with Crippen molar-refractivity contribution in [3.8, 4) is 17.2 Å². The molecule has 0 amide bonds. The average molecular weight is 195 g/mol. The Labute approximate surface area is 84.0 Å². The molecule has 3 heteroatoms. The Kier molecular flexibility index (Phi) is 4.11. The molecule has 0 saturated carbocycles. The maximum Gasteiger partial charge on any atom is 0.200 e. The molecule has 0 spiro atoms. The highest BCUT2D eigenvalue weighted by atomic mass is 16.5. The van der Waals surface area contributed by atoms with Crippen molar-refractivity contribution in [1.82, 2.24) is 0 Å². The van der Waals surface area contributed by atoms with Crippen molar-refractivity contribution < 1.29 is 14.9 Å². The number of benzene rings is 1. The van der Waals surface area contributed by atoms with Crippen LogP contribution in [-0.4, -0.2) is 16.8 Å². The van der Waals surface area contributed by atoms with Crippen LogP contribution in [0.3, 0.4) is 0 Å². The molecule has 1 aromatic carbocycles. The first-order valence-electron chi connectivity index (χ1n) is 4.80. The average Bonchev–Trinajstić information content (AvgIpc) is 2.19. The lowest BCUT2D eigenvalue weighted by atomic mass is 10.2. The van der Waals surface area contributed by atoms with Crippen molar-refractivity contribution in [1.29, 1.82) is 0 Å². The molecule has 0 heterocycles. The number of ether oxygens (including phenoxy) is 1. The predicted octanol–water partition coefficient (Wildman–Crippen LogP) is 2.47. The number of phenolic OH excluding ortho intramolecular Hbond substituents is 2. The summed E-state index contributed by atoms with van der Waals surface area (Å²) < 4.78 is 5.28. The number of aromatic hydroxyl groups is 2. The summed E-state index contributed by atoms with van der Waals surface area (Å²) >= 11 is 0. The number of phenols is 2. The third kappa shape index (κ3) is 2.83. The van der Waals surface area contributed by atoms with Crippen LogP contribution in [0.5, 0.6) is 17.2 Å². The number of hydrogen-bond donors (Lipinski definition) is 2. The maximum atomic E-state index is 9.36. The lowest BCUT2D eigenvalue weighted by molar-refractivity contribution is 0.284. The fourth-order valence-corrected chi connectivity index (χ4v) is 1.10. The zero-order valence-electron chi connectivity index (χ0n) is 8.29. The largest absolute Gasteiger partial charge is 0.504 e. The van der Waals surface area contributed by atoms with E-state index in [0.717, 1.165) is 19.3 Å². The van der Waals surface area contributed by atoms with Gasteiger partial charge >= 0.3 is 0 Å². The molecule has 2 N–H and O–H groups in total. The summed E-state index contributed by atoms with van der Waals surface area (Å²) in [5.41, 5.74) is 0. The van der Waals surface area contributed by atoms with Crippen LogP contribution in [0, 0.1) is 6.07 Å². The number of hydrogen-bond acceptors (Lipinski definition) is 3. The van der Waals surface area contributed by atoms with E-state index in [9.17, 15) is 5.11 Å². The van der Waals surface area contributed by atoms with E-state index in [-0.39, 0.29) is 11.5 Å². The highest BCUT2D eigenvalue weighted by Gasteiger charge is 2.05. The van der Waals surface area contributed by atoms with Gasteiger partial charge in [0.15, 0.2) is 11.5 Å². The van der Waals surface area contributed by atoms with Gasteiger partial charge in [0.1, 0.15) is 0 Å². The lowest BCUT2D eigenvalue weighted by Gasteiger charge is -2.07. The van der Waals surface area contributed by atoms with Crippen molar-refractivity contribution in [2.24, 2.45) is 0 Å². The summed E-state index contributed by atoms with van der Waals surface area (Å²) in [7, 11) is 0. The van der Waals surface area contributed by atoms with Crippen molar-refractivity contribution in [3.05, 3.63) is 18.2 Å². The van der Waals surface area contributed by atoms with Gasteiger partial charge in [-0.1, -0.05) is 19.8 Å². The third-order valence-electron chi connectivity index (χ3n) is 1.92. The van der Waals surface area contributed by atoms with Crippen LogP contribution >= 0.6 is 0 Å². The molecule has 1 aromatic rings. The zero-order valence-corrected chi connectivity index (χ0v) is 8.29. The highest BCUT2D eigenvalue weighted by Crippen LogP contribution is 2.34. The third-order valence-corrected chi connectivity index (χ3v) is 1.92. The van der Waals surface area contributed by atoms with Gasteiger partial charge < -0.3 is 14.9 Å². The zero-order chi connectivity index (χ0) is 10.4. The van der Waals surface area contributed by atoms with Gasteiger partial charge in [0, 0.05) is 0 Å². The van der Waals surface area contributed by atoms with Crippen LogP contribution in [-0.2, 0) is 0 Å². The van der Waals surface area contributed by atoms with Crippen molar-refractivity contribution in [2.75, 3.05) is 6.61 Å². The minimum atomic E-state index is -0.208. The first-order chi connectivity index (χ1) is 6.75. The summed E-state index contributed by atoms with van der Waals surface area (Å²) in [6.07, 6.45) is 3.18. The summed E-state index contributed by atoms with van der Waals surface area (Å²) in [5.74, 6) is -0.112. The van der Waals surface area contributed by atoms with Gasteiger partial charge in [-0.2, -0.15) is 0 Å². The summed E-state index contributed by atoms with van der Waals surface area (Å²) in [6, 6.07) is 5.49. The molecule has 3 nitrogen and oxygen atoms in total. The molecule has 0 bridgehead atoms.